The Hall–Kier alpha value is -1.18. The van der Waals surface area contributed by atoms with Gasteiger partial charge >= 0.3 is 0 Å². The van der Waals surface area contributed by atoms with Crippen LogP contribution in [0, 0.1) is 23.7 Å². The number of hydrogen-bond acceptors (Lipinski definition) is 6. The lowest BCUT2D eigenvalue weighted by molar-refractivity contribution is -0.390. The number of benzene rings is 1. The van der Waals surface area contributed by atoms with Gasteiger partial charge in [-0.25, -0.2) is 0 Å². The van der Waals surface area contributed by atoms with Gasteiger partial charge in [0.2, 0.25) is 11.6 Å². The zero-order valence-corrected chi connectivity index (χ0v) is 21.1. The Morgan fingerprint density at radius 3 is 2.26 bits per heavy atom. The van der Waals surface area contributed by atoms with E-state index >= 15 is 0 Å². The summed E-state index contributed by atoms with van der Waals surface area (Å²) in [6, 6.07) is 8.83. The van der Waals surface area contributed by atoms with Crippen LogP contribution in [0.1, 0.15) is 75.7 Å². The van der Waals surface area contributed by atoms with Crippen molar-refractivity contribution in [3.8, 4) is 5.75 Å². The van der Waals surface area contributed by atoms with E-state index in [9.17, 15) is 0 Å². The third kappa shape index (κ3) is 4.33. The normalized spacial score (nSPS) is 42.8. The van der Waals surface area contributed by atoms with E-state index in [0.717, 1.165) is 89.0 Å². The van der Waals surface area contributed by atoms with Crippen LogP contribution in [0.4, 0.5) is 0 Å². The highest BCUT2D eigenvalue weighted by Gasteiger charge is 2.66. The molecule has 6 heteroatoms. The smallest absolute Gasteiger partial charge is 0.210 e. The average molecular weight is 483 g/mol. The molecule has 2 spiro atoms. The molecular formula is C29H42N2O4. The molecule has 192 valence electrons. The number of ether oxygens (including phenoxy) is 2. The summed E-state index contributed by atoms with van der Waals surface area (Å²) < 4.78 is 12.9. The third-order valence-electron chi connectivity index (χ3n) is 10.1. The van der Waals surface area contributed by atoms with Gasteiger partial charge in [-0.15, -0.1) is 0 Å². The molecule has 1 N–H and O–H groups in total. The largest absolute Gasteiger partial charge is 0.494 e. The monoisotopic (exact) mass is 482 g/mol. The topological polar surface area (TPSA) is 52.2 Å². The molecule has 0 radical (unpaired) electrons. The second-order valence-electron chi connectivity index (χ2n) is 12.3. The van der Waals surface area contributed by atoms with Crippen LogP contribution < -0.4 is 10.1 Å². The van der Waals surface area contributed by atoms with E-state index in [0.29, 0.717) is 17.8 Å². The number of rotatable bonds is 6. The van der Waals surface area contributed by atoms with Crippen LogP contribution in [0.3, 0.4) is 0 Å². The summed E-state index contributed by atoms with van der Waals surface area (Å²) in [6.07, 6.45) is 11.7. The average Bonchev–Trinajstić information content (AvgIpc) is 3.26. The SMILES string of the molecule is c1cc(C2CCC3(CC2)OOC2(O3)C3CC4CC(C3)CC2C4)ccc1OCCCN1CCNCC1. The highest BCUT2D eigenvalue weighted by molar-refractivity contribution is 5.30. The van der Waals surface area contributed by atoms with E-state index in [1.807, 2.05) is 0 Å². The van der Waals surface area contributed by atoms with Gasteiger partial charge in [0.25, 0.3) is 0 Å². The molecule has 0 unspecified atom stereocenters. The minimum atomic E-state index is -0.515. The van der Waals surface area contributed by atoms with Crippen LogP contribution in [-0.2, 0) is 14.5 Å². The fourth-order valence-electron chi connectivity index (χ4n) is 8.44. The summed E-state index contributed by atoms with van der Waals surface area (Å²) in [5.74, 6) is 3.48. The number of nitrogens with one attached hydrogen (secondary N) is 1. The fraction of sp³-hybridized carbons (Fsp3) is 0.793. The molecule has 2 saturated heterocycles. The van der Waals surface area contributed by atoms with Crippen molar-refractivity contribution in [2.75, 3.05) is 39.3 Å². The van der Waals surface area contributed by atoms with Crippen molar-refractivity contribution in [1.82, 2.24) is 10.2 Å². The van der Waals surface area contributed by atoms with Crippen molar-refractivity contribution >= 4 is 0 Å². The molecule has 5 aliphatic carbocycles. The molecule has 35 heavy (non-hydrogen) atoms. The summed E-state index contributed by atoms with van der Waals surface area (Å²) in [4.78, 5) is 14.8. The van der Waals surface area contributed by atoms with E-state index in [4.69, 9.17) is 19.2 Å². The molecule has 7 aliphatic rings. The van der Waals surface area contributed by atoms with Crippen molar-refractivity contribution in [3.63, 3.8) is 0 Å². The number of piperazine rings is 1. The first-order valence-corrected chi connectivity index (χ1v) is 14.4. The Morgan fingerprint density at radius 2 is 1.57 bits per heavy atom. The second-order valence-corrected chi connectivity index (χ2v) is 12.3. The van der Waals surface area contributed by atoms with Gasteiger partial charge in [-0.2, -0.15) is 9.78 Å². The molecule has 6 nitrogen and oxygen atoms in total. The molecule has 4 bridgehead atoms. The van der Waals surface area contributed by atoms with Crippen molar-refractivity contribution in [1.29, 1.82) is 0 Å². The zero-order chi connectivity index (χ0) is 23.3. The van der Waals surface area contributed by atoms with Crippen molar-refractivity contribution in [3.05, 3.63) is 29.8 Å². The van der Waals surface area contributed by atoms with E-state index in [1.165, 1.54) is 37.7 Å². The van der Waals surface area contributed by atoms with Crippen molar-refractivity contribution < 1.29 is 19.2 Å². The Bertz CT molecular complexity index is 847. The van der Waals surface area contributed by atoms with E-state index < -0.39 is 11.6 Å². The molecular weight excluding hydrogens is 440 g/mol. The lowest BCUT2D eigenvalue weighted by atomic mass is 9.53. The van der Waals surface area contributed by atoms with Gasteiger partial charge in [0.1, 0.15) is 5.75 Å². The first kappa shape index (κ1) is 23.0. The van der Waals surface area contributed by atoms with E-state index in [2.05, 4.69) is 34.5 Å². The van der Waals surface area contributed by atoms with Crippen LogP contribution in [0.15, 0.2) is 24.3 Å². The maximum absolute atomic E-state index is 6.88. The molecule has 2 heterocycles. The quantitative estimate of drug-likeness (QED) is 0.462. The van der Waals surface area contributed by atoms with Crippen molar-refractivity contribution in [2.24, 2.45) is 23.7 Å². The lowest BCUT2D eigenvalue weighted by Gasteiger charge is -2.57. The second kappa shape index (κ2) is 9.29. The minimum Gasteiger partial charge on any atom is -0.494 e. The van der Waals surface area contributed by atoms with Gasteiger partial charge in [-0.3, -0.25) is 0 Å². The van der Waals surface area contributed by atoms with Gasteiger partial charge < -0.3 is 19.7 Å². The molecule has 0 aromatic heterocycles. The number of hydrogen-bond donors (Lipinski definition) is 1. The summed E-state index contributed by atoms with van der Waals surface area (Å²) in [5, 5.41) is 3.41. The van der Waals surface area contributed by atoms with Crippen LogP contribution in [0.25, 0.3) is 0 Å². The van der Waals surface area contributed by atoms with Crippen LogP contribution in [0.2, 0.25) is 0 Å². The maximum Gasteiger partial charge on any atom is 0.210 e. The highest BCUT2D eigenvalue weighted by Crippen LogP contribution is 2.64. The van der Waals surface area contributed by atoms with Crippen LogP contribution >= 0.6 is 0 Å². The van der Waals surface area contributed by atoms with Crippen molar-refractivity contribution in [2.45, 2.75) is 81.7 Å². The Labute approximate surface area is 209 Å². The molecule has 0 amide bonds. The van der Waals surface area contributed by atoms with Gasteiger partial charge in [0, 0.05) is 57.4 Å². The molecule has 1 aromatic carbocycles. The molecule has 8 rings (SSSR count). The molecule has 0 atom stereocenters. The van der Waals surface area contributed by atoms with E-state index in [-0.39, 0.29) is 0 Å². The predicted octanol–water partition coefficient (Wildman–Crippen LogP) is 4.85. The molecule has 1 aromatic rings. The Morgan fingerprint density at radius 1 is 0.886 bits per heavy atom. The third-order valence-corrected chi connectivity index (χ3v) is 10.1. The first-order chi connectivity index (χ1) is 17.2. The van der Waals surface area contributed by atoms with Gasteiger partial charge in [0.05, 0.1) is 6.61 Å². The van der Waals surface area contributed by atoms with Gasteiger partial charge in [0.15, 0.2) is 0 Å². The summed E-state index contributed by atoms with van der Waals surface area (Å²) >= 11 is 0. The molecule has 5 saturated carbocycles. The Balaban J connectivity index is 0.901. The zero-order valence-electron chi connectivity index (χ0n) is 21.1. The summed E-state index contributed by atoms with van der Waals surface area (Å²) in [6.45, 7) is 6.44. The van der Waals surface area contributed by atoms with E-state index in [1.54, 1.807) is 0 Å². The number of nitrogens with zero attached hydrogens (tertiary/aromatic N) is 1. The lowest BCUT2D eigenvalue weighted by Crippen LogP contribution is -2.59. The first-order valence-electron chi connectivity index (χ1n) is 14.4. The highest BCUT2D eigenvalue weighted by atomic mass is 17.3. The maximum atomic E-state index is 6.88. The van der Waals surface area contributed by atoms with Crippen LogP contribution in [0.5, 0.6) is 5.75 Å². The Kier molecular flexibility index (Phi) is 6.10. The standard InChI is InChI=1S/C29H42N2O4/c1(12-31-13-10-30-11-14-31)15-32-27-4-2-23(3-5-27)24-6-8-28(9-7-24)33-29(35-34-28)25-17-21-16-22(19-25)20-26(29)18-21/h2-5,21-22,24-26,30H,1,6-20H2. The fourth-order valence-corrected chi connectivity index (χ4v) is 8.44. The van der Waals surface area contributed by atoms with Gasteiger partial charge in [-0.1, -0.05) is 12.1 Å². The van der Waals surface area contributed by atoms with Gasteiger partial charge in [-0.05, 0) is 86.8 Å². The molecule has 2 aliphatic heterocycles. The predicted molar refractivity (Wildman–Crippen MR) is 133 cm³/mol. The molecule has 7 fully saturated rings. The summed E-state index contributed by atoms with van der Waals surface area (Å²) in [5.41, 5.74) is 1.41. The summed E-state index contributed by atoms with van der Waals surface area (Å²) in [7, 11) is 0. The van der Waals surface area contributed by atoms with Crippen LogP contribution in [-0.4, -0.2) is 55.8 Å². The minimum absolute atomic E-state index is 0.440.